The van der Waals surface area contributed by atoms with Crippen LogP contribution in [0.5, 0.6) is 0 Å². The van der Waals surface area contributed by atoms with Crippen LogP contribution < -0.4 is 9.62 Å². The summed E-state index contributed by atoms with van der Waals surface area (Å²) in [6.45, 7) is 3.43. The van der Waals surface area contributed by atoms with E-state index in [1.54, 1.807) is 48.5 Å². The van der Waals surface area contributed by atoms with E-state index in [2.05, 4.69) is 43.8 Å². The first-order chi connectivity index (χ1) is 14.2. The molecule has 3 rings (SSSR count). The summed E-state index contributed by atoms with van der Waals surface area (Å²) < 4.78 is 29.7. The van der Waals surface area contributed by atoms with Crippen LogP contribution in [-0.4, -0.2) is 20.9 Å². The third-order valence-electron chi connectivity index (χ3n) is 4.45. The van der Waals surface area contributed by atoms with Crippen molar-refractivity contribution in [2.75, 3.05) is 16.2 Å². The van der Waals surface area contributed by atoms with E-state index in [1.807, 2.05) is 32.0 Å². The van der Waals surface area contributed by atoms with Crippen molar-refractivity contribution in [3.63, 3.8) is 0 Å². The number of hydrogen-bond acceptors (Lipinski definition) is 3. The van der Waals surface area contributed by atoms with Gasteiger partial charge in [0, 0.05) is 13.7 Å². The molecule has 0 fully saturated rings. The largest absolute Gasteiger partial charge is 0.324 e. The number of aryl methyl sites for hydroxylation is 2. The van der Waals surface area contributed by atoms with Crippen LogP contribution in [0.4, 0.5) is 11.4 Å². The second-order valence-electron chi connectivity index (χ2n) is 6.81. The number of sulfonamides is 1. The van der Waals surface area contributed by atoms with Gasteiger partial charge in [-0.1, -0.05) is 39.7 Å². The maximum Gasteiger partial charge on any atom is 0.264 e. The molecule has 0 aliphatic heterocycles. The minimum atomic E-state index is -3.94. The number of benzene rings is 3. The molecule has 0 saturated carbocycles. The Labute approximate surface area is 198 Å². The summed E-state index contributed by atoms with van der Waals surface area (Å²) in [5.41, 5.74) is 2.92. The Morgan fingerprint density at radius 2 is 1.73 bits per heavy atom. The van der Waals surface area contributed by atoms with Gasteiger partial charge in [-0.3, -0.25) is 9.10 Å². The summed E-state index contributed by atoms with van der Waals surface area (Å²) in [5, 5.41) is 2.82. The van der Waals surface area contributed by atoms with E-state index in [1.165, 1.54) is 0 Å². The maximum atomic E-state index is 13.4. The molecule has 1 amide bonds. The van der Waals surface area contributed by atoms with E-state index in [9.17, 15) is 13.2 Å². The minimum Gasteiger partial charge on any atom is -0.324 e. The molecule has 3 aromatic rings. The molecule has 0 heterocycles. The quantitative estimate of drug-likeness (QED) is 0.381. The van der Waals surface area contributed by atoms with Gasteiger partial charge in [0.05, 0.1) is 10.6 Å². The highest BCUT2D eigenvalue weighted by atomic mass is 127. The molecule has 0 aliphatic carbocycles. The molecule has 0 saturated heterocycles. The minimum absolute atomic E-state index is 0.131. The molecule has 156 valence electrons. The molecule has 0 spiro atoms. The number of rotatable bonds is 6. The highest BCUT2D eigenvalue weighted by molar-refractivity contribution is 14.1. The number of carbonyl (C=O) groups excluding carboxylic acids is 1. The van der Waals surface area contributed by atoms with Gasteiger partial charge in [-0.15, -0.1) is 0 Å². The molecule has 0 radical (unpaired) electrons. The number of amides is 1. The standard InChI is InChI=1S/C22H20BrIN2O3S/c1-15-6-9-20(10-7-15)30(28,29)26(19-5-3-4-17(23)13-19)14-22(27)25-21-11-8-18(24)12-16(21)2/h3-13H,14H2,1-2H3,(H,25,27). The van der Waals surface area contributed by atoms with Gasteiger partial charge in [0.1, 0.15) is 6.54 Å². The third-order valence-corrected chi connectivity index (χ3v) is 7.41. The van der Waals surface area contributed by atoms with E-state index >= 15 is 0 Å². The van der Waals surface area contributed by atoms with E-state index in [4.69, 9.17) is 0 Å². The van der Waals surface area contributed by atoms with Crippen LogP contribution in [0.1, 0.15) is 11.1 Å². The number of anilines is 2. The van der Waals surface area contributed by atoms with E-state index < -0.39 is 15.9 Å². The first-order valence-corrected chi connectivity index (χ1v) is 12.4. The average Bonchev–Trinajstić information content (AvgIpc) is 2.68. The van der Waals surface area contributed by atoms with Gasteiger partial charge in [0.15, 0.2) is 0 Å². The Kier molecular flexibility index (Phi) is 7.20. The van der Waals surface area contributed by atoms with Crippen LogP contribution in [0.25, 0.3) is 0 Å². The second kappa shape index (κ2) is 9.49. The van der Waals surface area contributed by atoms with Crippen molar-refractivity contribution >= 4 is 65.8 Å². The average molecular weight is 599 g/mol. The number of carbonyl (C=O) groups is 1. The van der Waals surface area contributed by atoms with Crippen molar-refractivity contribution in [2.45, 2.75) is 18.7 Å². The van der Waals surface area contributed by atoms with E-state index in [0.717, 1.165) is 23.5 Å². The summed E-state index contributed by atoms with van der Waals surface area (Å²) in [5.74, 6) is -0.421. The summed E-state index contributed by atoms with van der Waals surface area (Å²) >= 11 is 5.58. The van der Waals surface area contributed by atoms with Crippen molar-refractivity contribution in [2.24, 2.45) is 0 Å². The highest BCUT2D eigenvalue weighted by Gasteiger charge is 2.27. The van der Waals surface area contributed by atoms with Gasteiger partial charge >= 0.3 is 0 Å². The molecule has 1 N–H and O–H groups in total. The molecule has 0 aromatic heterocycles. The van der Waals surface area contributed by atoms with Crippen molar-refractivity contribution in [1.82, 2.24) is 0 Å². The SMILES string of the molecule is Cc1ccc(S(=O)(=O)N(CC(=O)Nc2ccc(I)cc2C)c2cccc(Br)c2)cc1. The predicted octanol–water partition coefficient (Wildman–Crippen LogP) is 5.50. The van der Waals surface area contributed by atoms with Crippen molar-refractivity contribution in [3.8, 4) is 0 Å². The lowest BCUT2D eigenvalue weighted by molar-refractivity contribution is -0.114. The zero-order chi connectivity index (χ0) is 21.9. The molecule has 3 aromatic carbocycles. The monoisotopic (exact) mass is 598 g/mol. The van der Waals surface area contributed by atoms with Crippen LogP contribution in [0, 0.1) is 17.4 Å². The molecule has 0 atom stereocenters. The number of halogens is 2. The normalized spacial score (nSPS) is 11.2. The van der Waals surface area contributed by atoms with Crippen molar-refractivity contribution in [1.29, 1.82) is 0 Å². The lowest BCUT2D eigenvalue weighted by Crippen LogP contribution is -2.38. The van der Waals surface area contributed by atoms with Gasteiger partial charge in [-0.2, -0.15) is 0 Å². The zero-order valence-corrected chi connectivity index (χ0v) is 21.0. The lowest BCUT2D eigenvalue weighted by Gasteiger charge is -2.24. The Bertz CT molecular complexity index is 1180. The first kappa shape index (κ1) is 22.8. The van der Waals surface area contributed by atoms with Crippen LogP contribution in [0.3, 0.4) is 0 Å². The fourth-order valence-electron chi connectivity index (χ4n) is 2.87. The maximum absolute atomic E-state index is 13.4. The molecule has 8 heteroatoms. The Morgan fingerprint density at radius 3 is 2.37 bits per heavy atom. The van der Waals surface area contributed by atoms with Gasteiger partial charge in [-0.05, 0) is 90.5 Å². The van der Waals surface area contributed by atoms with Gasteiger partial charge in [0.2, 0.25) is 5.91 Å². The summed E-state index contributed by atoms with van der Waals surface area (Å²) in [4.78, 5) is 13.0. The van der Waals surface area contributed by atoms with Gasteiger partial charge < -0.3 is 5.32 Å². The predicted molar refractivity (Wildman–Crippen MR) is 132 cm³/mol. The molecular formula is C22H20BrIN2O3S. The smallest absolute Gasteiger partial charge is 0.264 e. The molecule has 0 bridgehead atoms. The summed E-state index contributed by atoms with van der Waals surface area (Å²) in [6, 6.07) is 19.1. The van der Waals surface area contributed by atoms with Gasteiger partial charge in [0.25, 0.3) is 10.0 Å². The second-order valence-corrected chi connectivity index (χ2v) is 10.8. The van der Waals surface area contributed by atoms with Crippen LogP contribution in [0.2, 0.25) is 0 Å². The Hall–Kier alpha value is -1.91. The summed E-state index contributed by atoms with van der Waals surface area (Å²) in [7, 11) is -3.94. The van der Waals surface area contributed by atoms with Crippen molar-refractivity contribution < 1.29 is 13.2 Å². The fraction of sp³-hybridized carbons (Fsp3) is 0.136. The number of nitrogens with one attached hydrogen (secondary N) is 1. The molecule has 0 unspecified atom stereocenters. The van der Waals surface area contributed by atoms with Crippen LogP contribution >= 0.6 is 38.5 Å². The molecule has 0 aliphatic rings. The summed E-state index contributed by atoms with van der Waals surface area (Å²) in [6.07, 6.45) is 0. The highest BCUT2D eigenvalue weighted by Crippen LogP contribution is 2.27. The van der Waals surface area contributed by atoms with Gasteiger partial charge in [-0.25, -0.2) is 8.42 Å². The molecular weight excluding hydrogens is 579 g/mol. The first-order valence-electron chi connectivity index (χ1n) is 9.08. The zero-order valence-electron chi connectivity index (χ0n) is 16.4. The van der Waals surface area contributed by atoms with Crippen LogP contribution in [-0.2, 0) is 14.8 Å². The van der Waals surface area contributed by atoms with Crippen LogP contribution in [0.15, 0.2) is 76.1 Å². The number of hydrogen-bond donors (Lipinski definition) is 1. The van der Waals surface area contributed by atoms with E-state index in [-0.39, 0.29) is 11.4 Å². The Morgan fingerprint density at radius 1 is 1.03 bits per heavy atom. The molecule has 30 heavy (non-hydrogen) atoms. The Balaban J connectivity index is 1.95. The van der Waals surface area contributed by atoms with E-state index in [0.29, 0.717) is 11.4 Å². The molecule has 5 nitrogen and oxygen atoms in total. The fourth-order valence-corrected chi connectivity index (χ4v) is 5.32. The van der Waals surface area contributed by atoms with Crippen molar-refractivity contribution in [3.05, 3.63) is 85.9 Å². The number of nitrogens with zero attached hydrogens (tertiary/aromatic N) is 1. The lowest BCUT2D eigenvalue weighted by atomic mass is 10.2. The third kappa shape index (κ3) is 5.41. The topological polar surface area (TPSA) is 66.5 Å².